The van der Waals surface area contributed by atoms with Gasteiger partial charge in [0.25, 0.3) is 0 Å². The van der Waals surface area contributed by atoms with E-state index in [-0.39, 0.29) is 5.12 Å². The van der Waals surface area contributed by atoms with Crippen molar-refractivity contribution in [3.63, 3.8) is 0 Å². The summed E-state index contributed by atoms with van der Waals surface area (Å²) >= 11 is 0.811. The van der Waals surface area contributed by atoms with Crippen LogP contribution in [0.15, 0.2) is 0 Å². The van der Waals surface area contributed by atoms with Crippen LogP contribution in [0.3, 0.4) is 0 Å². The van der Waals surface area contributed by atoms with E-state index >= 15 is 0 Å². The van der Waals surface area contributed by atoms with Gasteiger partial charge < -0.3 is 18.9 Å². The summed E-state index contributed by atoms with van der Waals surface area (Å²) in [4.78, 5) is 45.4. The van der Waals surface area contributed by atoms with Gasteiger partial charge in [-0.05, 0) is 6.92 Å². The fourth-order valence-electron chi connectivity index (χ4n) is 2.23. The Morgan fingerprint density at radius 2 is 1.22 bits per heavy atom. The second kappa shape index (κ2) is 8.30. The summed E-state index contributed by atoms with van der Waals surface area (Å²) in [7, 11) is 0. The molecule has 0 aliphatic carbocycles. The lowest BCUT2D eigenvalue weighted by Crippen LogP contribution is -2.59. The molecule has 130 valence electrons. The first-order chi connectivity index (χ1) is 10.6. The van der Waals surface area contributed by atoms with Crippen LogP contribution in [0.1, 0.15) is 34.6 Å². The van der Waals surface area contributed by atoms with Gasteiger partial charge in [0.2, 0.25) is 0 Å². The lowest BCUT2D eigenvalue weighted by molar-refractivity contribution is -0.229. The molecule has 1 rings (SSSR count). The molecule has 1 aliphatic rings. The van der Waals surface area contributed by atoms with Crippen LogP contribution >= 0.6 is 11.8 Å². The molecule has 8 nitrogen and oxygen atoms in total. The summed E-state index contributed by atoms with van der Waals surface area (Å²) in [5.41, 5.74) is -0.873. The summed E-state index contributed by atoms with van der Waals surface area (Å²) in [6.45, 7) is 6.52. The minimum Gasteiger partial charge on any atom is -0.456 e. The molecular formula is C14H20O8S. The van der Waals surface area contributed by atoms with E-state index in [1.165, 1.54) is 27.7 Å². The first kappa shape index (κ1) is 19.4. The van der Waals surface area contributed by atoms with Crippen molar-refractivity contribution in [1.82, 2.24) is 0 Å². The molecule has 0 unspecified atom stereocenters. The van der Waals surface area contributed by atoms with Gasteiger partial charge in [0.1, 0.15) is 0 Å². The molecule has 1 saturated heterocycles. The van der Waals surface area contributed by atoms with Gasteiger partial charge in [-0.2, -0.15) is 0 Å². The lowest BCUT2D eigenvalue weighted by atomic mass is 10.00. The Hall–Kier alpha value is -1.61. The number of thioether (sulfide) groups is 1. The number of ether oxygens (including phenoxy) is 4. The molecule has 0 bridgehead atoms. The van der Waals surface area contributed by atoms with Crippen LogP contribution < -0.4 is 0 Å². The maximum Gasteiger partial charge on any atom is 0.303 e. The molecule has 0 aromatic rings. The topological polar surface area (TPSA) is 105 Å². The molecule has 1 heterocycles. The van der Waals surface area contributed by atoms with Gasteiger partial charge in [-0.15, -0.1) is 0 Å². The number of hydrogen-bond acceptors (Lipinski definition) is 9. The van der Waals surface area contributed by atoms with Crippen LogP contribution in [-0.2, 0) is 38.1 Å². The number of hydrogen-bond donors (Lipinski definition) is 0. The van der Waals surface area contributed by atoms with E-state index in [2.05, 4.69) is 0 Å². The molecule has 1 fully saturated rings. The van der Waals surface area contributed by atoms with Crippen LogP contribution in [-0.4, -0.2) is 52.9 Å². The molecule has 0 spiro atoms. The van der Waals surface area contributed by atoms with Crippen molar-refractivity contribution in [2.24, 2.45) is 0 Å². The van der Waals surface area contributed by atoms with Crippen molar-refractivity contribution in [2.45, 2.75) is 64.5 Å². The molecule has 23 heavy (non-hydrogen) atoms. The van der Waals surface area contributed by atoms with Gasteiger partial charge in [-0.3, -0.25) is 19.2 Å². The van der Waals surface area contributed by atoms with Gasteiger partial charge in [-0.25, -0.2) is 0 Å². The van der Waals surface area contributed by atoms with E-state index in [0.29, 0.717) is 0 Å². The summed E-state index contributed by atoms with van der Waals surface area (Å²) in [5, 5.41) is -0.258. The first-order valence-electron chi connectivity index (χ1n) is 6.96. The highest BCUT2D eigenvalue weighted by Crippen LogP contribution is 2.34. The summed E-state index contributed by atoms with van der Waals surface area (Å²) in [5.74, 6) is -1.87. The largest absolute Gasteiger partial charge is 0.456 e. The van der Waals surface area contributed by atoms with Gasteiger partial charge in [0.05, 0.1) is 6.10 Å². The third-order valence-electron chi connectivity index (χ3n) is 2.92. The monoisotopic (exact) mass is 348 g/mol. The zero-order chi connectivity index (χ0) is 17.7. The van der Waals surface area contributed by atoms with E-state index < -0.39 is 47.8 Å². The molecule has 0 amide bonds. The lowest BCUT2D eigenvalue weighted by Gasteiger charge is -2.43. The Morgan fingerprint density at radius 3 is 1.65 bits per heavy atom. The maximum atomic E-state index is 11.4. The standard InChI is InChI=1S/C14H20O8S/c1-6-11(20-7(2)15)12(21-8(3)16)13(22-9(4)17)14(19-6)23-10(5)18/h6,11-14H,1-5H3/t6-,11+,12+,13-,14-/m0/s1. The smallest absolute Gasteiger partial charge is 0.303 e. The van der Waals surface area contributed by atoms with Crippen LogP contribution in [0.2, 0.25) is 0 Å². The Labute approximate surface area is 138 Å². The summed E-state index contributed by atoms with van der Waals surface area (Å²) in [6.07, 6.45) is -3.76. The van der Waals surface area contributed by atoms with Crippen LogP contribution in [0.5, 0.6) is 0 Å². The molecule has 0 saturated carbocycles. The van der Waals surface area contributed by atoms with Crippen molar-refractivity contribution >= 4 is 34.8 Å². The molecular weight excluding hydrogens is 328 g/mol. The predicted octanol–water partition coefficient (Wildman–Crippen LogP) is 0.806. The molecule has 5 atom stereocenters. The molecule has 0 aromatic carbocycles. The van der Waals surface area contributed by atoms with Crippen molar-refractivity contribution in [2.75, 3.05) is 0 Å². The quantitative estimate of drug-likeness (QED) is 0.539. The third-order valence-corrected chi connectivity index (χ3v) is 3.86. The predicted molar refractivity (Wildman–Crippen MR) is 79.3 cm³/mol. The van der Waals surface area contributed by atoms with E-state index in [9.17, 15) is 19.2 Å². The maximum absolute atomic E-state index is 11.4. The minimum absolute atomic E-state index is 0.258. The van der Waals surface area contributed by atoms with Crippen molar-refractivity contribution < 1.29 is 38.1 Å². The van der Waals surface area contributed by atoms with Crippen molar-refractivity contribution in [1.29, 1.82) is 0 Å². The SMILES string of the molecule is CC(=O)O[C@@H]1[C@H](OC(C)=O)[C@H](C)O[C@@H](SC(C)=O)[C@H]1OC(C)=O. The Kier molecular flexibility index (Phi) is 7.01. The fourth-order valence-corrected chi connectivity index (χ4v) is 3.13. The van der Waals surface area contributed by atoms with Gasteiger partial charge >= 0.3 is 17.9 Å². The molecule has 0 N–H and O–H groups in total. The van der Waals surface area contributed by atoms with E-state index in [0.717, 1.165) is 11.8 Å². The van der Waals surface area contributed by atoms with Gasteiger partial charge in [-0.1, -0.05) is 11.8 Å². The van der Waals surface area contributed by atoms with E-state index in [1.807, 2.05) is 0 Å². The average molecular weight is 348 g/mol. The molecule has 1 aliphatic heterocycles. The number of rotatable bonds is 4. The number of carbonyl (C=O) groups excluding carboxylic acids is 4. The number of carbonyl (C=O) groups is 4. The second-order valence-electron chi connectivity index (χ2n) is 5.04. The van der Waals surface area contributed by atoms with Crippen LogP contribution in [0.25, 0.3) is 0 Å². The van der Waals surface area contributed by atoms with Gasteiger partial charge in [0.15, 0.2) is 28.9 Å². The average Bonchev–Trinajstić information content (AvgIpc) is 2.36. The van der Waals surface area contributed by atoms with Crippen molar-refractivity contribution in [3.8, 4) is 0 Å². The highest BCUT2D eigenvalue weighted by atomic mass is 32.2. The highest BCUT2D eigenvalue weighted by molar-refractivity contribution is 8.14. The second-order valence-corrected chi connectivity index (χ2v) is 6.32. The number of esters is 3. The Bertz CT molecular complexity index is 491. The van der Waals surface area contributed by atoms with E-state index in [1.54, 1.807) is 6.92 Å². The fraction of sp³-hybridized carbons (Fsp3) is 0.714. The Morgan fingerprint density at radius 1 is 0.783 bits per heavy atom. The zero-order valence-corrected chi connectivity index (χ0v) is 14.4. The van der Waals surface area contributed by atoms with Crippen molar-refractivity contribution in [3.05, 3.63) is 0 Å². The zero-order valence-electron chi connectivity index (χ0n) is 13.6. The molecule has 0 aromatic heterocycles. The normalized spacial score (nSPS) is 30.2. The van der Waals surface area contributed by atoms with Crippen LogP contribution in [0.4, 0.5) is 0 Å². The molecule has 9 heteroatoms. The third kappa shape index (κ3) is 5.83. The van der Waals surface area contributed by atoms with E-state index in [4.69, 9.17) is 18.9 Å². The van der Waals surface area contributed by atoms with Crippen LogP contribution in [0, 0.1) is 0 Å². The molecule has 0 radical (unpaired) electrons. The first-order valence-corrected chi connectivity index (χ1v) is 7.84. The Balaban J connectivity index is 3.15. The summed E-state index contributed by atoms with van der Waals surface area (Å²) < 4.78 is 21.2. The van der Waals surface area contributed by atoms with Gasteiger partial charge in [0, 0.05) is 27.7 Å². The minimum atomic E-state index is -1.08. The highest BCUT2D eigenvalue weighted by Gasteiger charge is 2.50. The summed E-state index contributed by atoms with van der Waals surface area (Å²) in [6, 6.07) is 0.